The van der Waals surface area contributed by atoms with Gasteiger partial charge in [-0.15, -0.1) is 0 Å². The number of rotatable bonds is 6. The molecule has 1 N–H and O–H groups in total. The Hall–Kier alpha value is -2.53. The van der Waals surface area contributed by atoms with Crippen molar-refractivity contribution < 1.29 is 9.84 Å². The lowest BCUT2D eigenvalue weighted by Crippen LogP contribution is -2.20. The third-order valence-corrected chi connectivity index (χ3v) is 6.46. The molecule has 0 amide bonds. The summed E-state index contributed by atoms with van der Waals surface area (Å²) in [6, 6.07) is 12.5. The molecule has 0 bridgehead atoms. The molecule has 1 aliphatic rings. The largest absolute Gasteiger partial charge is 0.477 e. The van der Waals surface area contributed by atoms with Crippen LogP contribution in [-0.2, 0) is 0 Å². The van der Waals surface area contributed by atoms with Gasteiger partial charge in [0.05, 0.1) is 18.2 Å². The zero-order valence-corrected chi connectivity index (χ0v) is 18.1. The molecule has 30 heavy (non-hydrogen) atoms. The number of pyridine rings is 1. The van der Waals surface area contributed by atoms with Gasteiger partial charge >= 0.3 is 0 Å². The molecule has 0 aliphatic heterocycles. The molecule has 0 saturated heterocycles. The van der Waals surface area contributed by atoms with Crippen LogP contribution < -0.4 is 4.74 Å². The fourth-order valence-electron chi connectivity index (χ4n) is 4.22. The van der Waals surface area contributed by atoms with Crippen LogP contribution in [0.1, 0.15) is 68.4 Å². The fourth-order valence-corrected chi connectivity index (χ4v) is 4.22. The third kappa shape index (κ3) is 4.62. The molecule has 0 spiro atoms. The van der Waals surface area contributed by atoms with Gasteiger partial charge in [0.15, 0.2) is 0 Å². The fraction of sp³-hybridized carbons (Fsp3) is 0.480. The highest BCUT2D eigenvalue weighted by Crippen LogP contribution is 2.37. The molecule has 1 saturated carbocycles. The van der Waals surface area contributed by atoms with Gasteiger partial charge in [0.25, 0.3) is 0 Å². The van der Waals surface area contributed by atoms with Crippen LogP contribution in [0.15, 0.2) is 42.6 Å². The number of aryl methyl sites for hydroxylation is 1. The molecular weight excluding hydrogens is 374 g/mol. The summed E-state index contributed by atoms with van der Waals surface area (Å²) in [5.41, 5.74) is 3.20. The van der Waals surface area contributed by atoms with Crippen LogP contribution in [0.5, 0.6) is 5.88 Å². The number of hydrogen-bond donors (Lipinski definition) is 1. The minimum atomic E-state index is -0.174. The van der Waals surface area contributed by atoms with Gasteiger partial charge in [0.2, 0.25) is 5.88 Å². The molecule has 2 atom stereocenters. The Labute approximate surface area is 178 Å². The molecule has 0 radical (unpaired) electrons. The number of hydrogen-bond acceptors (Lipinski definition) is 5. The van der Waals surface area contributed by atoms with Crippen LogP contribution in [0.3, 0.4) is 0 Å². The lowest BCUT2D eigenvalue weighted by Gasteiger charge is -2.27. The predicted molar refractivity (Wildman–Crippen MR) is 119 cm³/mol. The van der Waals surface area contributed by atoms with Crippen molar-refractivity contribution in [3.63, 3.8) is 0 Å². The molecular formula is C25H31N3O2. The number of nitrogens with zero attached hydrogens (tertiary/aromatic N) is 3. The minimum Gasteiger partial charge on any atom is -0.477 e. The lowest BCUT2D eigenvalue weighted by atomic mass is 9.83. The van der Waals surface area contributed by atoms with E-state index in [9.17, 15) is 5.11 Å². The van der Waals surface area contributed by atoms with Gasteiger partial charge in [-0.25, -0.2) is 4.98 Å². The van der Waals surface area contributed by atoms with Gasteiger partial charge in [0.1, 0.15) is 5.82 Å². The summed E-state index contributed by atoms with van der Waals surface area (Å²) < 4.78 is 6.25. The van der Waals surface area contributed by atoms with E-state index in [1.165, 1.54) is 0 Å². The molecule has 1 aromatic carbocycles. The Kier molecular flexibility index (Phi) is 6.28. The molecule has 0 unspecified atom stereocenters. The average molecular weight is 406 g/mol. The monoisotopic (exact) mass is 405 g/mol. The van der Waals surface area contributed by atoms with E-state index in [1.807, 2.05) is 25.3 Å². The van der Waals surface area contributed by atoms with Gasteiger partial charge in [-0.05, 0) is 56.6 Å². The molecule has 1 fully saturated rings. The number of ether oxygens (including phenoxy) is 1. The van der Waals surface area contributed by atoms with Crippen molar-refractivity contribution in [2.75, 3.05) is 6.61 Å². The highest BCUT2D eigenvalue weighted by Gasteiger charge is 2.25. The van der Waals surface area contributed by atoms with E-state index in [-0.39, 0.29) is 17.9 Å². The first-order valence-electron chi connectivity index (χ1n) is 11.0. The van der Waals surface area contributed by atoms with E-state index < -0.39 is 0 Å². The first kappa shape index (κ1) is 20.7. The smallest absolute Gasteiger partial charge is 0.220 e. The number of fused-ring (bicyclic) bond motifs is 1. The second-order valence-electron chi connectivity index (χ2n) is 8.69. The first-order chi connectivity index (χ1) is 14.5. The van der Waals surface area contributed by atoms with Crippen LogP contribution in [-0.4, -0.2) is 32.8 Å². The van der Waals surface area contributed by atoms with Crippen molar-refractivity contribution in [2.45, 2.75) is 64.4 Å². The van der Waals surface area contributed by atoms with Crippen molar-refractivity contribution in [3.8, 4) is 5.88 Å². The molecule has 1 aliphatic carbocycles. The quantitative estimate of drug-likeness (QED) is 0.613. The van der Waals surface area contributed by atoms with Gasteiger partial charge in [-0.1, -0.05) is 38.1 Å². The maximum absolute atomic E-state index is 9.83. The van der Waals surface area contributed by atoms with Gasteiger partial charge < -0.3 is 9.84 Å². The van der Waals surface area contributed by atoms with Crippen LogP contribution in [0, 0.1) is 12.8 Å². The standard InChI is InChI=1S/C25H31N3O2/c1-16(17(2)23-13-10-20-6-4-5-7-24(20)28-23)15-30-25-22(14-26-18(3)27-25)19-8-11-21(29)12-9-19/h4-7,10,13-14,16-17,19,21,29H,8-9,11-12,15H2,1-3H3/t16-,17-,19-,21+/m1/s1. The second-order valence-corrected chi connectivity index (χ2v) is 8.69. The Bertz CT molecular complexity index is 999. The van der Waals surface area contributed by atoms with Crippen LogP contribution in [0.25, 0.3) is 10.9 Å². The summed E-state index contributed by atoms with van der Waals surface area (Å²) in [6.45, 7) is 6.88. The van der Waals surface area contributed by atoms with E-state index in [2.05, 4.69) is 48.1 Å². The normalized spacial score (nSPS) is 21.3. The van der Waals surface area contributed by atoms with Crippen molar-refractivity contribution in [2.24, 2.45) is 5.92 Å². The Morgan fingerprint density at radius 2 is 1.80 bits per heavy atom. The Balaban J connectivity index is 1.46. The maximum atomic E-state index is 9.83. The molecule has 4 rings (SSSR count). The van der Waals surface area contributed by atoms with E-state index in [0.29, 0.717) is 18.4 Å². The molecule has 2 heterocycles. The second kappa shape index (κ2) is 9.09. The van der Waals surface area contributed by atoms with Crippen molar-refractivity contribution >= 4 is 10.9 Å². The number of aliphatic hydroxyl groups is 1. The van der Waals surface area contributed by atoms with Crippen molar-refractivity contribution in [1.29, 1.82) is 0 Å². The summed E-state index contributed by atoms with van der Waals surface area (Å²) in [5, 5.41) is 11.0. The molecule has 5 heteroatoms. The molecule has 5 nitrogen and oxygen atoms in total. The summed E-state index contributed by atoms with van der Waals surface area (Å²) in [4.78, 5) is 13.9. The van der Waals surface area contributed by atoms with Crippen LogP contribution in [0.2, 0.25) is 0 Å². The topological polar surface area (TPSA) is 68.1 Å². The molecule has 3 aromatic rings. The Morgan fingerprint density at radius 3 is 2.60 bits per heavy atom. The number of aromatic nitrogens is 3. The highest BCUT2D eigenvalue weighted by molar-refractivity contribution is 5.78. The maximum Gasteiger partial charge on any atom is 0.220 e. The van der Waals surface area contributed by atoms with E-state index in [1.54, 1.807) is 0 Å². The van der Waals surface area contributed by atoms with E-state index in [0.717, 1.165) is 53.7 Å². The number of para-hydroxylation sites is 1. The summed E-state index contributed by atoms with van der Waals surface area (Å²) >= 11 is 0. The lowest BCUT2D eigenvalue weighted by molar-refractivity contribution is 0.121. The number of benzene rings is 1. The van der Waals surface area contributed by atoms with Gasteiger partial charge in [-0.3, -0.25) is 4.98 Å². The minimum absolute atomic E-state index is 0.174. The molecule has 158 valence electrons. The number of aliphatic hydroxyl groups excluding tert-OH is 1. The highest BCUT2D eigenvalue weighted by atomic mass is 16.5. The summed E-state index contributed by atoms with van der Waals surface area (Å²) in [7, 11) is 0. The Morgan fingerprint density at radius 1 is 1.03 bits per heavy atom. The first-order valence-corrected chi connectivity index (χ1v) is 11.0. The predicted octanol–water partition coefficient (Wildman–Crippen LogP) is 5.17. The van der Waals surface area contributed by atoms with Crippen LogP contribution in [0.4, 0.5) is 0 Å². The van der Waals surface area contributed by atoms with E-state index in [4.69, 9.17) is 9.72 Å². The van der Waals surface area contributed by atoms with Crippen molar-refractivity contribution in [1.82, 2.24) is 15.0 Å². The van der Waals surface area contributed by atoms with E-state index >= 15 is 0 Å². The van der Waals surface area contributed by atoms with Crippen molar-refractivity contribution in [3.05, 3.63) is 59.7 Å². The summed E-state index contributed by atoms with van der Waals surface area (Å²) in [5.74, 6) is 2.34. The third-order valence-electron chi connectivity index (χ3n) is 6.46. The summed E-state index contributed by atoms with van der Waals surface area (Å²) in [6.07, 6.45) is 5.32. The van der Waals surface area contributed by atoms with Gasteiger partial charge in [-0.2, -0.15) is 4.98 Å². The SMILES string of the molecule is Cc1ncc([C@H]2CC[C@@H](O)CC2)c(OC[C@@H](C)[C@@H](C)c2ccc3ccccc3n2)n1. The molecule has 2 aromatic heterocycles. The average Bonchev–Trinajstić information content (AvgIpc) is 2.77. The van der Waals surface area contributed by atoms with Gasteiger partial charge in [0, 0.05) is 28.8 Å². The zero-order valence-electron chi connectivity index (χ0n) is 18.1. The zero-order chi connectivity index (χ0) is 21.1. The van der Waals surface area contributed by atoms with Crippen LogP contribution >= 0.6 is 0 Å².